The van der Waals surface area contributed by atoms with Crippen molar-refractivity contribution in [3.05, 3.63) is 249 Å². The molecule has 0 fully saturated rings. The zero-order valence-electron chi connectivity index (χ0n) is 30.1. The topological polar surface area (TPSA) is 72.1 Å². The third-order valence-corrected chi connectivity index (χ3v) is 9.80. The Hall–Kier alpha value is -7.52. The number of benzene rings is 4. The summed E-state index contributed by atoms with van der Waals surface area (Å²) >= 11 is 0. The van der Waals surface area contributed by atoms with E-state index >= 15 is 0 Å². The monoisotopic (exact) mass is 753 g/mol. The number of aliphatic imine (C=N–C) groups is 2. The predicted molar refractivity (Wildman–Crippen MR) is 217 cm³/mol. The van der Waals surface area contributed by atoms with Gasteiger partial charge in [-0.1, -0.05) is 48.5 Å². The molecule has 0 saturated heterocycles. The Morgan fingerprint density at radius 3 is 1.02 bits per heavy atom. The lowest BCUT2D eigenvalue weighted by molar-refractivity contribution is 0.627. The molecule has 57 heavy (non-hydrogen) atoms. The number of H-pyrrole nitrogens is 3. The molecule has 0 amide bonds. The van der Waals surface area contributed by atoms with Gasteiger partial charge in [-0.05, 0) is 131 Å². The van der Waals surface area contributed by atoms with Crippen LogP contribution in [-0.2, 0) is 0 Å². The minimum atomic E-state index is -0.374. The first-order chi connectivity index (χ1) is 27.9. The van der Waals surface area contributed by atoms with Crippen LogP contribution < -0.4 is 10.7 Å². The molecule has 0 bridgehead atoms. The fourth-order valence-electron chi connectivity index (χ4n) is 7.17. The largest absolute Gasteiger partial charge is 0.361 e. The van der Waals surface area contributed by atoms with Crippen molar-refractivity contribution in [3.8, 4) is 0 Å². The summed E-state index contributed by atoms with van der Waals surface area (Å²) in [6.07, 6.45) is 11.3. The van der Waals surface area contributed by atoms with Gasteiger partial charge in [0.05, 0.1) is 22.8 Å². The van der Waals surface area contributed by atoms with E-state index in [0.717, 1.165) is 44.8 Å². The number of nitrogens with zero attached hydrogens (tertiary/aromatic N) is 2. The van der Waals surface area contributed by atoms with Gasteiger partial charge < -0.3 is 15.0 Å². The molecule has 0 atom stereocenters. The second kappa shape index (κ2) is 15.0. The van der Waals surface area contributed by atoms with Gasteiger partial charge in [0.1, 0.15) is 23.3 Å². The quantitative estimate of drug-likeness (QED) is 0.130. The van der Waals surface area contributed by atoms with Crippen molar-refractivity contribution in [1.29, 1.82) is 0 Å². The number of nitrogens with one attached hydrogen (secondary N) is 3. The van der Waals surface area contributed by atoms with Crippen LogP contribution in [0.5, 0.6) is 0 Å². The first-order valence-electron chi connectivity index (χ1n) is 18.2. The maximum Gasteiger partial charge on any atom is 0.123 e. The molecule has 2 aliphatic heterocycles. The van der Waals surface area contributed by atoms with Gasteiger partial charge >= 0.3 is 0 Å². The molecule has 0 radical (unpaired) electrons. The number of aromatic nitrogens is 3. The Bertz CT molecular complexity index is 2720. The Morgan fingerprint density at radius 1 is 0.368 bits per heavy atom. The van der Waals surface area contributed by atoms with Crippen LogP contribution in [0, 0.1) is 23.3 Å². The average molecular weight is 754 g/mol. The number of halogens is 4. The predicted octanol–water partition coefficient (Wildman–Crippen LogP) is 9.57. The van der Waals surface area contributed by atoms with E-state index in [4.69, 9.17) is 9.98 Å². The van der Waals surface area contributed by atoms with E-state index in [-0.39, 0.29) is 23.3 Å². The number of allylic oxidation sites excluding steroid dienone is 4. The third kappa shape index (κ3) is 7.10. The molecule has 0 spiro atoms. The lowest BCUT2D eigenvalue weighted by Crippen LogP contribution is -2.21. The van der Waals surface area contributed by atoms with Crippen molar-refractivity contribution in [2.75, 3.05) is 0 Å². The summed E-state index contributed by atoms with van der Waals surface area (Å²) in [6.45, 7) is 0. The SMILES string of the molecule is Fc1ccc(/C(C2=N/C(=C(\c3ccc(F)cc3)c3ccc[nH]3)C=C2)=c2\cc/c(=C(C3=N/C(=C(\c4ccc(F)cc4)c4ccc[nH]4)C=C3)\c3ccc(F)cc3)[nH]2)cc1. The van der Waals surface area contributed by atoms with Gasteiger partial charge in [-0.25, -0.2) is 27.5 Å². The first-order valence-corrected chi connectivity index (χ1v) is 18.2. The maximum atomic E-state index is 14.3. The molecular formula is C48H31F4N5. The molecule has 5 heterocycles. The van der Waals surface area contributed by atoms with Crippen molar-refractivity contribution in [2.24, 2.45) is 9.98 Å². The highest BCUT2D eigenvalue weighted by Crippen LogP contribution is 2.33. The van der Waals surface area contributed by atoms with Gasteiger partial charge in [-0.3, -0.25) is 0 Å². The van der Waals surface area contributed by atoms with Gasteiger partial charge in [0.15, 0.2) is 0 Å². The van der Waals surface area contributed by atoms with Gasteiger partial charge in [-0.2, -0.15) is 0 Å². The Kier molecular flexibility index (Phi) is 9.24. The van der Waals surface area contributed by atoms with E-state index < -0.39 is 0 Å². The zero-order valence-corrected chi connectivity index (χ0v) is 30.1. The fraction of sp³-hybridized carbons (Fsp3) is 0. The van der Waals surface area contributed by atoms with E-state index in [1.165, 1.54) is 48.5 Å². The van der Waals surface area contributed by atoms with E-state index in [1.807, 2.05) is 73.1 Å². The van der Waals surface area contributed by atoms with Crippen LogP contribution in [-0.4, -0.2) is 26.4 Å². The van der Waals surface area contributed by atoms with Crippen LogP contribution in [0.15, 0.2) is 192 Å². The fourth-order valence-corrected chi connectivity index (χ4v) is 7.17. The van der Waals surface area contributed by atoms with Crippen molar-refractivity contribution < 1.29 is 17.6 Å². The molecule has 9 rings (SSSR count). The highest BCUT2D eigenvalue weighted by atomic mass is 19.1. The summed E-state index contributed by atoms with van der Waals surface area (Å²) in [5.41, 5.74) is 10.2. The van der Waals surface area contributed by atoms with Gasteiger partial charge in [0, 0.05) is 56.8 Å². The second-order valence-electron chi connectivity index (χ2n) is 13.4. The van der Waals surface area contributed by atoms with Crippen LogP contribution in [0.2, 0.25) is 0 Å². The Balaban J connectivity index is 1.26. The first kappa shape index (κ1) is 35.2. The molecule has 276 valence electrons. The van der Waals surface area contributed by atoms with E-state index in [9.17, 15) is 17.6 Å². The van der Waals surface area contributed by atoms with Crippen LogP contribution in [0.4, 0.5) is 17.6 Å². The number of aromatic amines is 3. The molecule has 9 heteroatoms. The molecule has 4 aromatic carbocycles. The summed E-state index contributed by atoms with van der Waals surface area (Å²) in [4.78, 5) is 20.3. The summed E-state index contributed by atoms with van der Waals surface area (Å²) in [6, 6.07) is 36.5. The minimum Gasteiger partial charge on any atom is -0.361 e. The highest BCUT2D eigenvalue weighted by molar-refractivity contribution is 6.31. The van der Waals surface area contributed by atoms with E-state index in [0.29, 0.717) is 44.7 Å². The highest BCUT2D eigenvalue weighted by Gasteiger charge is 2.21. The van der Waals surface area contributed by atoms with Crippen molar-refractivity contribution in [3.63, 3.8) is 0 Å². The normalized spacial score (nSPS) is 16.4. The lowest BCUT2D eigenvalue weighted by atomic mass is 10.0. The average Bonchev–Trinajstić information content (AvgIpc) is 4.08. The number of rotatable bonds is 8. The maximum absolute atomic E-state index is 14.3. The van der Waals surface area contributed by atoms with E-state index in [2.05, 4.69) is 15.0 Å². The van der Waals surface area contributed by atoms with Crippen LogP contribution in [0.1, 0.15) is 33.6 Å². The third-order valence-electron chi connectivity index (χ3n) is 9.80. The standard InChI is InChI=1S/C48H31F4N5/c49-33-13-5-29(6-14-33)45(37-3-1-27-53-37)39-21-23-41(55-39)47(31-9-17-35(51)18-10-31)43-25-26-44(57-43)48(32-11-19-36(52)20-12-32)42-24-22-40(56-42)46(38-4-2-28-54-38)30-7-15-34(50)16-8-30/h1-28,53-54,57H/b45-39+,46-40+,47-43-,48-44-. The Labute approximate surface area is 324 Å². The molecule has 3 N–H and O–H groups in total. The molecule has 0 aliphatic carbocycles. The zero-order chi connectivity index (χ0) is 38.9. The Morgan fingerprint density at radius 2 is 0.702 bits per heavy atom. The van der Waals surface area contributed by atoms with Crippen molar-refractivity contribution in [1.82, 2.24) is 15.0 Å². The van der Waals surface area contributed by atoms with Crippen molar-refractivity contribution in [2.45, 2.75) is 0 Å². The minimum absolute atomic E-state index is 0.341. The molecule has 7 aromatic rings. The summed E-state index contributed by atoms with van der Waals surface area (Å²) in [5, 5.41) is 1.39. The molecule has 3 aromatic heterocycles. The lowest BCUT2D eigenvalue weighted by Gasteiger charge is -2.10. The van der Waals surface area contributed by atoms with Gasteiger partial charge in [0.2, 0.25) is 0 Å². The number of hydrogen-bond donors (Lipinski definition) is 3. The number of hydrogen-bond acceptors (Lipinski definition) is 2. The van der Waals surface area contributed by atoms with Gasteiger partial charge in [-0.15, -0.1) is 0 Å². The molecular weight excluding hydrogens is 723 g/mol. The molecule has 2 aliphatic rings. The van der Waals surface area contributed by atoms with Crippen LogP contribution in [0.25, 0.3) is 22.3 Å². The molecule has 5 nitrogen and oxygen atoms in total. The second-order valence-corrected chi connectivity index (χ2v) is 13.4. The van der Waals surface area contributed by atoms with Crippen LogP contribution in [0.3, 0.4) is 0 Å². The molecule has 0 saturated carbocycles. The smallest absolute Gasteiger partial charge is 0.123 e. The van der Waals surface area contributed by atoms with Crippen molar-refractivity contribution >= 4 is 33.7 Å². The van der Waals surface area contributed by atoms with Crippen LogP contribution >= 0.6 is 0 Å². The summed E-state index contributed by atoms with van der Waals surface area (Å²) in [5.74, 6) is -1.43. The molecule has 0 unspecified atom stereocenters. The van der Waals surface area contributed by atoms with E-state index in [1.54, 1.807) is 48.5 Å². The summed E-state index contributed by atoms with van der Waals surface area (Å²) in [7, 11) is 0. The summed E-state index contributed by atoms with van der Waals surface area (Å²) < 4.78 is 56.6. The van der Waals surface area contributed by atoms with Gasteiger partial charge in [0.25, 0.3) is 0 Å².